The second-order valence-corrected chi connectivity index (χ2v) is 8.37. The molecule has 0 amide bonds. The average molecular weight is 462 g/mol. The maximum absolute atomic E-state index is 12.7. The molecule has 4 aromatic rings. The smallest absolute Gasteiger partial charge is 0.360 e. The van der Waals surface area contributed by atoms with E-state index >= 15 is 0 Å². The third-order valence-electron chi connectivity index (χ3n) is 5.99. The van der Waals surface area contributed by atoms with Crippen molar-refractivity contribution in [3.05, 3.63) is 101 Å². The zero-order valence-corrected chi connectivity index (χ0v) is 18.0. The van der Waals surface area contributed by atoms with E-state index in [1.54, 1.807) is 72.8 Å². The molecule has 1 aliphatic heterocycles. The molecule has 0 radical (unpaired) electrons. The highest BCUT2D eigenvalue weighted by Gasteiger charge is 2.56. The standard InChI is InChI=1S/C25H20ClN3O4/c26-17-12-10-15(11-13-17)19-14-21-27-23(18-8-4-5-9-20(18)30)22(16-6-2-1-3-7-16)25(33,24(31)32)29(21)28-19/h1-14,22-23,27,30,33H,(H,31,32). The van der Waals surface area contributed by atoms with Gasteiger partial charge < -0.3 is 20.6 Å². The Hall–Kier alpha value is -3.81. The summed E-state index contributed by atoms with van der Waals surface area (Å²) in [5.41, 5.74) is -0.201. The highest BCUT2D eigenvalue weighted by Crippen LogP contribution is 2.50. The zero-order valence-electron chi connectivity index (χ0n) is 17.3. The van der Waals surface area contributed by atoms with E-state index in [9.17, 15) is 20.1 Å². The predicted molar refractivity (Wildman–Crippen MR) is 124 cm³/mol. The topological polar surface area (TPSA) is 108 Å². The van der Waals surface area contributed by atoms with E-state index in [0.29, 0.717) is 33.2 Å². The number of aromatic hydroxyl groups is 1. The Morgan fingerprint density at radius 2 is 1.67 bits per heavy atom. The number of hydrogen-bond acceptors (Lipinski definition) is 5. The number of fused-ring (bicyclic) bond motifs is 1. The average Bonchev–Trinajstić information content (AvgIpc) is 3.25. The number of para-hydroxylation sites is 1. The van der Waals surface area contributed by atoms with Crippen molar-refractivity contribution in [1.29, 1.82) is 0 Å². The van der Waals surface area contributed by atoms with Crippen molar-refractivity contribution in [3.63, 3.8) is 0 Å². The molecule has 3 atom stereocenters. The monoisotopic (exact) mass is 461 g/mol. The Bertz CT molecular complexity index is 1320. The molecule has 0 bridgehead atoms. The molecule has 166 valence electrons. The molecule has 0 saturated heterocycles. The second-order valence-electron chi connectivity index (χ2n) is 7.93. The summed E-state index contributed by atoms with van der Waals surface area (Å²) < 4.78 is 1.10. The van der Waals surface area contributed by atoms with E-state index in [1.807, 2.05) is 6.07 Å². The summed E-state index contributed by atoms with van der Waals surface area (Å²) in [5, 5.41) is 41.0. The van der Waals surface area contributed by atoms with E-state index in [4.69, 9.17) is 11.6 Å². The van der Waals surface area contributed by atoms with Crippen LogP contribution >= 0.6 is 11.6 Å². The number of hydrogen-bond donors (Lipinski definition) is 4. The van der Waals surface area contributed by atoms with Crippen molar-refractivity contribution in [2.75, 3.05) is 5.32 Å². The van der Waals surface area contributed by atoms with E-state index in [-0.39, 0.29) is 5.75 Å². The number of aromatic nitrogens is 2. The van der Waals surface area contributed by atoms with Gasteiger partial charge in [0.25, 0.3) is 5.72 Å². The molecular weight excluding hydrogens is 442 g/mol. The third kappa shape index (κ3) is 3.42. The number of anilines is 1. The number of benzene rings is 3. The van der Waals surface area contributed by atoms with Gasteiger partial charge in [-0.05, 0) is 23.8 Å². The number of rotatable bonds is 4. The van der Waals surface area contributed by atoms with Gasteiger partial charge in [-0.1, -0.05) is 72.3 Å². The summed E-state index contributed by atoms with van der Waals surface area (Å²) in [6, 6.07) is 23.4. The lowest BCUT2D eigenvalue weighted by molar-refractivity contribution is -0.179. The van der Waals surface area contributed by atoms with Crippen LogP contribution in [0.3, 0.4) is 0 Å². The lowest BCUT2D eigenvalue weighted by atomic mass is 9.77. The van der Waals surface area contributed by atoms with Gasteiger partial charge in [0.1, 0.15) is 11.6 Å². The van der Waals surface area contributed by atoms with Crippen LogP contribution in [0.25, 0.3) is 11.3 Å². The third-order valence-corrected chi connectivity index (χ3v) is 6.24. The molecule has 1 aromatic heterocycles. The fourth-order valence-electron chi connectivity index (χ4n) is 4.43. The van der Waals surface area contributed by atoms with Gasteiger partial charge in [-0.25, -0.2) is 9.48 Å². The molecule has 4 N–H and O–H groups in total. The van der Waals surface area contributed by atoms with Gasteiger partial charge in [-0.3, -0.25) is 0 Å². The minimum Gasteiger partial charge on any atom is -0.508 e. The molecule has 5 rings (SSSR count). The number of aliphatic carboxylic acids is 1. The van der Waals surface area contributed by atoms with Crippen molar-refractivity contribution in [1.82, 2.24) is 9.78 Å². The first-order valence-corrected chi connectivity index (χ1v) is 10.7. The van der Waals surface area contributed by atoms with Crippen LogP contribution in [0, 0.1) is 0 Å². The van der Waals surface area contributed by atoms with E-state index in [0.717, 1.165) is 4.68 Å². The van der Waals surface area contributed by atoms with E-state index in [1.165, 1.54) is 6.07 Å². The number of carboxylic acid groups (broad SMARTS) is 1. The summed E-state index contributed by atoms with van der Waals surface area (Å²) >= 11 is 6.00. The summed E-state index contributed by atoms with van der Waals surface area (Å²) in [6.45, 7) is 0. The van der Waals surface area contributed by atoms with E-state index in [2.05, 4.69) is 10.4 Å². The van der Waals surface area contributed by atoms with E-state index < -0.39 is 23.7 Å². The zero-order chi connectivity index (χ0) is 23.2. The minimum atomic E-state index is -2.43. The molecule has 0 saturated carbocycles. The molecule has 0 aliphatic carbocycles. The molecule has 3 aromatic carbocycles. The molecule has 0 spiro atoms. The Morgan fingerprint density at radius 1 is 1.00 bits per heavy atom. The molecule has 3 unspecified atom stereocenters. The van der Waals surface area contributed by atoms with Crippen LogP contribution in [0.4, 0.5) is 5.82 Å². The SMILES string of the molecule is O=C(O)C1(O)C(c2ccccc2)C(c2ccccc2O)Nc2cc(-c3ccc(Cl)cc3)nn21. The lowest BCUT2D eigenvalue weighted by Gasteiger charge is -2.43. The van der Waals surface area contributed by atoms with Crippen molar-refractivity contribution in [3.8, 4) is 17.0 Å². The second kappa shape index (κ2) is 7.95. The Balaban J connectivity index is 1.74. The summed E-state index contributed by atoms with van der Waals surface area (Å²) in [7, 11) is 0. The number of halogens is 1. The molecular formula is C25H20ClN3O4. The van der Waals surface area contributed by atoms with Crippen LogP contribution in [0.1, 0.15) is 23.1 Å². The van der Waals surface area contributed by atoms with Crippen molar-refractivity contribution in [2.24, 2.45) is 0 Å². The first-order valence-electron chi connectivity index (χ1n) is 10.3. The van der Waals surface area contributed by atoms with Gasteiger partial charge in [0, 0.05) is 22.2 Å². The van der Waals surface area contributed by atoms with Crippen LogP contribution in [-0.4, -0.2) is 31.1 Å². The fourth-order valence-corrected chi connectivity index (χ4v) is 4.55. The van der Waals surface area contributed by atoms with Gasteiger partial charge in [0.2, 0.25) is 0 Å². The van der Waals surface area contributed by atoms with Gasteiger partial charge in [0.05, 0.1) is 17.7 Å². The summed E-state index contributed by atoms with van der Waals surface area (Å²) in [6.07, 6.45) is 0. The normalized spacial score (nSPS) is 21.8. The highest BCUT2D eigenvalue weighted by atomic mass is 35.5. The minimum absolute atomic E-state index is 0.00504. The maximum Gasteiger partial charge on any atom is 0.360 e. The first kappa shape index (κ1) is 21.1. The van der Waals surface area contributed by atoms with Crippen LogP contribution in [0.2, 0.25) is 5.02 Å². The molecule has 33 heavy (non-hydrogen) atoms. The van der Waals surface area contributed by atoms with Gasteiger partial charge >= 0.3 is 5.97 Å². The molecule has 0 fully saturated rings. The van der Waals surface area contributed by atoms with Crippen molar-refractivity contribution in [2.45, 2.75) is 17.7 Å². The first-order chi connectivity index (χ1) is 15.9. The summed E-state index contributed by atoms with van der Waals surface area (Å²) in [5.74, 6) is -2.15. The van der Waals surface area contributed by atoms with Crippen molar-refractivity contribution >= 4 is 23.4 Å². The molecule has 1 aliphatic rings. The maximum atomic E-state index is 12.7. The van der Waals surface area contributed by atoms with Crippen LogP contribution in [0.15, 0.2) is 84.9 Å². The quantitative estimate of drug-likeness (QED) is 0.354. The number of nitrogens with zero attached hydrogens (tertiary/aromatic N) is 2. The number of phenols is 1. The number of nitrogens with one attached hydrogen (secondary N) is 1. The number of phenolic OH excluding ortho intramolecular Hbond substituents is 1. The Kier molecular flexibility index (Phi) is 5.08. The van der Waals surface area contributed by atoms with Crippen LogP contribution in [0.5, 0.6) is 5.75 Å². The largest absolute Gasteiger partial charge is 0.508 e. The van der Waals surface area contributed by atoms with Gasteiger partial charge in [0.15, 0.2) is 0 Å². The van der Waals surface area contributed by atoms with Gasteiger partial charge in [-0.15, -0.1) is 0 Å². The molecule has 2 heterocycles. The Morgan fingerprint density at radius 3 is 2.33 bits per heavy atom. The Labute approximate surface area is 194 Å². The molecule has 8 heteroatoms. The molecule has 7 nitrogen and oxygen atoms in total. The number of carbonyl (C=O) groups is 1. The van der Waals surface area contributed by atoms with Crippen LogP contribution in [-0.2, 0) is 10.5 Å². The predicted octanol–water partition coefficient (Wildman–Crippen LogP) is 4.59. The van der Waals surface area contributed by atoms with Crippen LogP contribution < -0.4 is 5.32 Å². The summed E-state index contributed by atoms with van der Waals surface area (Å²) in [4.78, 5) is 12.7. The number of aliphatic hydroxyl groups is 1. The lowest BCUT2D eigenvalue weighted by Crippen LogP contribution is -2.54. The number of carboxylic acids is 1. The highest BCUT2D eigenvalue weighted by molar-refractivity contribution is 6.30. The van der Waals surface area contributed by atoms with Gasteiger partial charge in [-0.2, -0.15) is 5.10 Å². The fraction of sp³-hybridized carbons (Fsp3) is 0.120. The van der Waals surface area contributed by atoms with Crippen molar-refractivity contribution < 1.29 is 20.1 Å².